The lowest BCUT2D eigenvalue weighted by atomic mass is 9.52. The number of hydrogen-bond acceptors (Lipinski definition) is 10. The van der Waals surface area contributed by atoms with Gasteiger partial charge in [0.25, 0.3) is 0 Å². The van der Waals surface area contributed by atoms with Gasteiger partial charge in [0, 0.05) is 18.8 Å². The summed E-state index contributed by atoms with van der Waals surface area (Å²) in [6.45, 7) is 15.5. The van der Waals surface area contributed by atoms with Gasteiger partial charge in [-0.05, 0) is 36.4 Å². The zero-order valence-corrected chi connectivity index (χ0v) is 26.2. The van der Waals surface area contributed by atoms with Gasteiger partial charge in [-0.3, -0.25) is 9.59 Å². The van der Waals surface area contributed by atoms with E-state index in [-0.39, 0.29) is 0 Å². The maximum atomic E-state index is 14.1. The van der Waals surface area contributed by atoms with E-state index < -0.39 is 96.4 Å². The summed E-state index contributed by atoms with van der Waals surface area (Å²) in [7, 11) is -1.09. The molecule has 5 rings (SSSR count). The lowest BCUT2D eigenvalue weighted by Gasteiger charge is -2.49. The van der Waals surface area contributed by atoms with Gasteiger partial charge in [0.1, 0.15) is 12.2 Å². The molecule has 2 spiro atoms. The van der Waals surface area contributed by atoms with Crippen LogP contribution in [0.15, 0.2) is 0 Å². The van der Waals surface area contributed by atoms with E-state index in [0.717, 1.165) is 18.1 Å². The fourth-order valence-corrected chi connectivity index (χ4v) is 12.5. The fraction of sp³-hybridized carbons (Fsp3) is 0.862. The minimum absolute atomic E-state index is 0.422. The first-order valence-electron chi connectivity index (χ1n) is 14.7. The molecule has 0 bridgehead atoms. The Morgan fingerprint density at radius 2 is 1.73 bits per heavy atom. The standard InChI is InChI=1S/C29H44O10Si/c1-10-40(11-2,12-3)39-21-23(32)37-25-28(21)19(26(6,7)8)18(35-16(5)30)20-27(28)14-13-17(15(4)22(31)34-9)29(27,38-25)24(33)36-20/h15,17-21,25H,10-14H2,1-9H3/t15?,17-,18-,19+,20?,21+,25+,27-,28+,29-/m1/s1. The van der Waals surface area contributed by atoms with E-state index in [1.165, 1.54) is 14.0 Å². The quantitative estimate of drug-likeness (QED) is 0.238. The summed E-state index contributed by atoms with van der Waals surface area (Å²) in [5.41, 5.74) is -4.41. The van der Waals surface area contributed by atoms with Crippen molar-refractivity contribution in [2.24, 2.45) is 34.0 Å². The molecule has 224 valence electrons. The number of ether oxygens (including phenoxy) is 5. The third-order valence-electron chi connectivity index (χ3n) is 11.2. The molecule has 5 fully saturated rings. The summed E-state index contributed by atoms with van der Waals surface area (Å²) >= 11 is 0. The average molecular weight is 581 g/mol. The van der Waals surface area contributed by atoms with Crippen LogP contribution in [0.3, 0.4) is 0 Å². The SMILES string of the molecule is CC[Si](CC)(CC)O[C@H]1C(=O)O[C@H]2O[C@]34C(=O)OC5[C@H](OC(C)=O)[C@@H](C(C)(C)C)[C@@]21[C@@]53CC[C@@H]4C(C)C(=O)OC. The molecule has 2 saturated carbocycles. The number of esters is 4. The van der Waals surface area contributed by atoms with E-state index >= 15 is 0 Å². The van der Waals surface area contributed by atoms with Crippen LogP contribution in [-0.4, -0.2) is 69.5 Å². The minimum Gasteiger partial charge on any atom is -0.469 e. The third kappa shape index (κ3) is 3.23. The van der Waals surface area contributed by atoms with Gasteiger partial charge < -0.3 is 28.1 Å². The zero-order chi connectivity index (χ0) is 29.6. The Morgan fingerprint density at radius 3 is 2.25 bits per heavy atom. The first kappa shape index (κ1) is 29.5. The van der Waals surface area contributed by atoms with Crippen molar-refractivity contribution in [2.45, 2.75) is 117 Å². The minimum atomic E-state index is -2.41. The van der Waals surface area contributed by atoms with Gasteiger partial charge in [-0.1, -0.05) is 48.5 Å². The van der Waals surface area contributed by atoms with Crippen molar-refractivity contribution in [3.63, 3.8) is 0 Å². The van der Waals surface area contributed by atoms with E-state index in [9.17, 15) is 19.2 Å². The van der Waals surface area contributed by atoms with Crippen LogP contribution in [0.4, 0.5) is 0 Å². The summed E-state index contributed by atoms with van der Waals surface area (Å²) in [6, 6.07) is 2.41. The first-order valence-corrected chi connectivity index (χ1v) is 17.2. The molecule has 0 aromatic rings. The molecular weight excluding hydrogens is 536 g/mol. The second-order valence-corrected chi connectivity index (χ2v) is 18.2. The lowest BCUT2D eigenvalue weighted by Crippen LogP contribution is -2.61. The molecule has 5 aliphatic rings. The number of carbonyl (C=O) groups excluding carboxylic acids is 4. The lowest BCUT2D eigenvalue weighted by molar-refractivity contribution is -0.208. The molecule has 0 aromatic heterocycles. The summed E-state index contributed by atoms with van der Waals surface area (Å²) in [4.78, 5) is 53.4. The van der Waals surface area contributed by atoms with Crippen LogP contribution < -0.4 is 0 Å². The van der Waals surface area contributed by atoms with E-state index in [1.807, 2.05) is 20.8 Å². The highest BCUT2D eigenvalue weighted by Crippen LogP contribution is 2.84. The molecule has 0 N–H and O–H groups in total. The van der Waals surface area contributed by atoms with Crippen LogP contribution in [0.25, 0.3) is 0 Å². The second-order valence-electron chi connectivity index (χ2n) is 13.5. The van der Waals surface area contributed by atoms with E-state index in [4.69, 9.17) is 28.1 Å². The van der Waals surface area contributed by atoms with Crippen LogP contribution in [0, 0.1) is 34.0 Å². The van der Waals surface area contributed by atoms with Gasteiger partial charge >= 0.3 is 23.9 Å². The largest absolute Gasteiger partial charge is 0.469 e. The Labute approximate surface area is 237 Å². The van der Waals surface area contributed by atoms with Crippen molar-refractivity contribution in [3.05, 3.63) is 0 Å². The molecule has 0 amide bonds. The van der Waals surface area contributed by atoms with Gasteiger partial charge in [-0.25, -0.2) is 9.59 Å². The van der Waals surface area contributed by atoms with Gasteiger partial charge in [0.15, 0.2) is 20.0 Å². The Bertz CT molecular complexity index is 1100. The van der Waals surface area contributed by atoms with Crippen LogP contribution in [0.2, 0.25) is 18.1 Å². The molecule has 10 atom stereocenters. The van der Waals surface area contributed by atoms with E-state index in [1.54, 1.807) is 6.92 Å². The Kier molecular flexibility index (Phi) is 6.83. The maximum Gasteiger partial charge on any atom is 0.340 e. The molecule has 2 aliphatic carbocycles. The molecule has 11 heteroatoms. The predicted molar refractivity (Wildman–Crippen MR) is 143 cm³/mol. The summed E-state index contributed by atoms with van der Waals surface area (Å²) in [5, 5.41) is 0. The number of hydrogen-bond donors (Lipinski definition) is 0. The normalized spacial score (nSPS) is 42.1. The Morgan fingerprint density at radius 1 is 1.10 bits per heavy atom. The summed E-state index contributed by atoms with van der Waals surface area (Å²) in [5.74, 6) is -3.84. The highest BCUT2D eigenvalue weighted by molar-refractivity contribution is 6.73. The molecule has 3 saturated heterocycles. The maximum absolute atomic E-state index is 14.1. The van der Waals surface area contributed by atoms with Crippen LogP contribution in [0.1, 0.15) is 68.2 Å². The monoisotopic (exact) mass is 580 g/mol. The fourth-order valence-electron chi connectivity index (χ4n) is 9.70. The van der Waals surface area contributed by atoms with Crippen molar-refractivity contribution >= 4 is 32.2 Å². The zero-order valence-electron chi connectivity index (χ0n) is 25.2. The molecule has 0 radical (unpaired) electrons. The van der Waals surface area contributed by atoms with Crippen LogP contribution >= 0.6 is 0 Å². The summed E-state index contributed by atoms with van der Waals surface area (Å²) in [6.07, 6.45) is -2.97. The number of methoxy groups -OCH3 is 1. The molecule has 3 heterocycles. The Balaban J connectivity index is 1.81. The van der Waals surface area contributed by atoms with Crippen molar-refractivity contribution in [1.29, 1.82) is 0 Å². The van der Waals surface area contributed by atoms with Gasteiger partial charge in [0.05, 0.1) is 23.9 Å². The third-order valence-corrected chi connectivity index (χ3v) is 15.8. The summed E-state index contributed by atoms with van der Waals surface area (Å²) < 4.78 is 37.2. The van der Waals surface area contributed by atoms with Gasteiger partial charge in [0.2, 0.25) is 6.29 Å². The second kappa shape index (κ2) is 9.26. The highest BCUT2D eigenvalue weighted by Gasteiger charge is 2.98. The van der Waals surface area contributed by atoms with Crippen molar-refractivity contribution in [3.8, 4) is 0 Å². The number of carbonyl (C=O) groups is 4. The van der Waals surface area contributed by atoms with E-state index in [0.29, 0.717) is 12.8 Å². The molecule has 10 nitrogen and oxygen atoms in total. The van der Waals surface area contributed by atoms with Crippen molar-refractivity contribution in [2.75, 3.05) is 7.11 Å². The van der Waals surface area contributed by atoms with Crippen molar-refractivity contribution in [1.82, 2.24) is 0 Å². The van der Waals surface area contributed by atoms with Crippen LogP contribution in [0.5, 0.6) is 0 Å². The topological polar surface area (TPSA) is 124 Å². The van der Waals surface area contributed by atoms with Crippen LogP contribution in [-0.2, 0) is 47.3 Å². The predicted octanol–water partition coefficient (Wildman–Crippen LogP) is 3.75. The number of rotatable bonds is 8. The molecule has 0 aromatic carbocycles. The smallest absolute Gasteiger partial charge is 0.340 e. The van der Waals surface area contributed by atoms with Gasteiger partial charge in [-0.15, -0.1) is 0 Å². The van der Waals surface area contributed by atoms with E-state index in [2.05, 4.69) is 20.8 Å². The highest BCUT2D eigenvalue weighted by atomic mass is 28.4. The Hall–Kier alpha value is -1.98. The first-order chi connectivity index (χ1) is 18.7. The molecular formula is C29H44O10Si. The molecule has 40 heavy (non-hydrogen) atoms. The molecule has 3 aliphatic heterocycles. The average Bonchev–Trinajstić information content (AvgIpc) is 3.57. The van der Waals surface area contributed by atoms with Crippen molar-refractivity contribution < 1.29 is 47.3 Å². The molecule has 2 unspecified atom stereocenters. The van der Waals surface area contributed by atoms with Gasteiger partial charge in [-0.2, -0.15) is 0 Å².